The number of morpholine rings is 1. The van der Waals surface area contributed by atoms with Gasteiger partial charge in [-0.1, -0.05) is 0 Å². The molecule has 112 valence electrons. The largest absolute Gasteiger partial charge is 0.375 e. The van der Waals surface area contributed by atoms with Crippen LogP contribution in [0.15, 0.2) is 16.7 Å². The number of aromatic amines is 1. The molecule has 1 saturated heterocycles. The summed E-state index contributed by atoms with van der Waals surface area (Å²) in [6.45, 7) is 3.59. The number of amides is 1. The van der Waals surface area contributed by atoms with Crippen LogP contribution in [0.5, 0.6) is 0 Å². The van der Waals surface area contributed by atoms with Gasteiger partial charge in [0.25, 0.3) is 0 Å². The molecule has 2 aromatic heterocycles. The molecule has 1 fully saturated rings. The van der Waals surface area contributed by atoms with E-state index >= 15 is 0 Å². The number of nitrogens with two attached hydrogens (primary N) is 1. The van der Waals surface area contributed by atoms with Gasteiger partial charge in [0.2, 0.25) is 5.91 Å². The number of ether oxygens (including phenoxy) is 1. The number of fused-ring (bicyclic) bond motifs is 1. The Morgan fingerprint density at radius 3 is 3.24 bits per heavy atom. The molecule has 2 atom stereocenters. The molecule has 0 radical (unpaired) electrons. The van der Waals surface area contributed by atoms with Crippen LogP contribution in [0.1, 0.15) is 12.7 Å². The molecule has 0 aliphatic carbocycles. The summed E-state index contributed by atoms with van der Waals surface area (Å²) in [5, 5.41) is 0. The van der Waals surface area contributed by atoms with Gasteiger partial charge in [-0.15, -0.1) is 0 Å². The maximum absolute atomic E-state index is 11.6. The van der Waals surface area contributed by atoms with Crippen LogP contribution in [-0.2, 0) is 16.1 Å². The van der Waals surface area contributed by atoms with Crippen molar-refractivity contribution in [3.63, 3.8) is 0 Å². The third kappa shape index (κ3) is 2.92. The standard InChI is InChI=1S/C13H16BrN5O2/c1-7-11(12(15)20)19(2-3-21-7)6-10-17-9-4-8(14)5-16-13(9)18-10/h4-5,7,11H,2-3,6H2,1H3,(H2,15,20)(H,16,17,18)/t7-,11+/m1/s1. The third-order valence-corrected chi connectivity index (χ3v) is 4.03. The summed E-state index contributed by atoms with van der Waals surface area (Å²) < 4.78 is 6.39. The van der Waals surface area contributed by atoms with Crippen molar-refractivity contribution in [2.45, 2.75) is 25.6 Å². The van der Waals surface area contributed by atoms with Gasteiger partial charge in [-0.3, -0.25) is 9.69 Å². The highest BCUT2D eigenvalue weighted by Crippen LogP contribution is 2.19. The van der Waals surface area contributed by atoms with Gasteiger partial charge in [0.1, 0.15) is 11.9 Å². The monoisotopic (exact) mass is 353 g/mol. The molecule has 3 N–H and O–H groups in total. The van der Waals surface area contributed by atoms with E-state index in [-0.39, 0.29) is 12.0 Å². The molecule has 0 aromatic carbocycles. The number of nitrogens with one attached hydrogen (secondary N) is 1. The van der Waals surface area contributed by atoms with Crippen molar-refractivity contribution in [3.8, 4) is 0 Å². The Bertz CT molecular complexity index is 674. The fraction of sp³-hybridized carbons (Fsp3) is 0.462. The Kier molecular flexibility index (Phi) is 3.92. The fourth-order valence-corrected chi connectivity index (χ4v) is 2.99. The van der Waals surface area contributed by atoms with E-state index in [1.54, 1.807) is 6.20 Å². The van der Waals surface area contributed by atoms with Gasteiger partial charge in [0.15, 0.2) is 5.65 Å². The van der Waals surface area contributed by atoms with Gasteiger partial charge in [-0.05, 0) is 28.9 Å². The molecule has 0 saturated carbocycles. The SMILES string of the molecule is C[C@H]1OCCN(Cc2nc3ncc(Br)cc3[nH]2)[C@@H]1C(N)=O. The number of pyridine rings is 1. The van der Waals surface area contributed by atoms with E-state index in [9.17, 15) is 4.79 Å². The second kappa shape index (κ2) is 5.70. The first kappa shape index (κ1) is 14.4. The number of H-pyrrole nitrogens is 1. The van der Waals surface area contributed by atoms with Crippen LogP contribution in [0.25, 0.3) is 11.2 Å². The minimum absolute atomic E-state index is 0.215. The zero-order chi connectivity index (χ0) is 15.0. The van der Waals surface area contributed by atoms with Gasteiger partial charge in [0.05, 0.1) is 24.8 Å². The van der Waals surface area contributed by atoms with Crippen LogP contribution in [0.2, 0.25) is 0 Å². The Balaban J connectivity index is 1.84. The Hall–Kier alpha value is -1.51. The number of imidazole rings is 1. The van der Waals surface area contributed by atoms with Gasteiger partial charge in [-0.2, -0.15) is 0 Å². The quantitative estimate of drug-likeness (QED) is 0.850. The van der Waals surface area contributed by atoms with E-state index < -0.39 is 6.04 Å². The summed E-state index contributed by atoms with van der Waals surface area (Å²) in [6, 6.07) is 1.48. The number of halogens is 1. The summed E-state index contributed by atoms with van der Waals surface area (Å²) in [5.74, 6) is 0.384. The van der Waals surface area contributed by atoms with Crippen molar-refractivity contribution in [3.05, 3.63) is 22.6 Å². The van der Waals surface area contributed by atoms with Crippen molar-refractivity contribution >= 4 is 33.0 Å². The highest BCUT2D eigenvalue weighted by molar-refractivity contribution is 9.10. The lowest BCUT2D eigenvalue weighted by Crippen LogP contribution is -2.56. The topological polar surface area (TPSA) is 97.1 Å². The summed E-state index contributed by atoms with van der Waals surface area (Å²) in [6.07, 6.45) is 1.49. The summed E-state index contributed by atoms with van der Waals surface area (Å²) in [5.41, 5.74) is 7.00. The summed E-state index contributed by atoms with van der Waals surface area (Å²) in [7, 11) is 0. The lowest BCUT2D eigenvalue weighted by atomic mass is 10.1. The van der Waals surface area contributed by atoms with Gasteiger partial charge >= 0.3 is 0 Å². The molecule has 0 unspecified atom stereocenters. The molecule has 3 rings (SSSR count). The second-order valence-electron chi connectivity index (χ2n) is 5.10. The molecule has 2 aromatic rings. The Morgan fingerprint density at radius 2 is 2.48 bits per heavy atom. The summed E-state index contributed by atoms with van der Waals surface area (Å²) >= 11 is 3.38. The van der Waals surface area contributed by atoms with E-state index in [0.29, 0.717) is 25.3 Å². The van der Waals surface area contributed by atoms with Crippen LogP contribution >= 0.6 is 15.9 Å². The average Bonchev–Trinajstić information content (AvgIpc) is 2.79. The predicted molar refractivity (Wildman–Crippen MR) is 80.4 cm³/mol. The first-order chi connectivity index (χ1) is 10.0. The molecule has 3 heterocycles. The van der Waals surface area contributed by atoms with Gasteiger partial charge in [0, 0.05) is 17.2 Å². The number of hydrogen-bond donors (Lipinski definition) is 2. The lowest BCUT2D eigenvalue weighted by molar-refractivity contribution is -0.136. The van der Waals surface area contributed by atoms with Crippen molar-refractivity contribution in [2.75, 3.05) is 13.2 Å². The highest BCUT2D eigenvalue weighted by atomic mass is 79.9. The molecule has 1 aliphatic rings. The molecule has 1 aliphatic heterocycles. The van der Waals surface area contributed by atoms with E-state index in [4.69, 9.17) is 10.5 Å². The van der Waals surface area contributed by atoms with E-state index in [2.05, 4.69) is 30.9 Å². The highest BCUT2D eigenvalue weighted by Gasteiger charge is 2.34. The van der Waals surface area contributed by atoms with Gasteiger partial charge < -0.3 is 15.5 Å². The maximum atomic E-state index is 11.6. The zero-order valence-corrected chi connectivity index (χ0v) is 13.1. The third-order valence-electron chi connectivity index (χ3n) is 3.59. The van der Waals surface area contributed by atoms with Crippen molar-refractivity contribution in [2.24, 2.45) is 5.73 Å². The average molecular weight is 354 g/mol. The second-order valence-corrected chi connectivity index (χ2v) is 6.02. The molecule has 7 nitrogen and oxygen atoms in total. The first-order valence-corrected chi connectivity index (χ1v) is 7.49. The molecule has 0 bridgehead atoms. The van der Waals surface area contributed by atoms with E-state index in [1.165, 1.54) is 0 Å². The minimum Gasteiger partial charge on any atom is -0.375 e. The van der Waals surface area contributed by atoms with Crippen LogP contribution in [0.4, 0.5) is 0 Å². The number of carbonyl (C=O) groups is 1. The number of hydrogen-bond acceptors (Lipinski definition) is 5. The maximum Gasteiger partial charge on any atom is 0.237 e. The number of aromatic nitrogens is 3. The minimum atomic E-state index is -0.438. The van der Waals surface area contributed by atoms with Gasteiger partial charge in [-0.25, -0.2) is 9.97 Å². The molecule has 1 amide bonds. The van der Waals surface area contributed by atoms with E-state index in [1.807, 2.05) is 17.9 Å². The van der Waals surface area contributed by atoms with Crippen molar-refractivity contribution < 1.29 is 9.53 Å². The first-order valence-electron chi connectivity index (χ1n) is 6.69. The number of carbonyl (C=O) groups excluding carboxylic acids is 1. The smallest absolute Gasteiger partial charge is 0.237 e. The number of nitrogens with zero attached hydrogens (tertiary/aromatic N) is 3. The normalized spacial score (nSPS) is 23.5. The fourth-order valence-electron chi connectivity index (χ4n) is 2.66. The van der Waals surface area contributed by atoms with Crippen LogP contribution in [0.3, 0.4) is 0 Å². The Morgan fingerprint density at radius 1 is 1.67 bits per heavy atom. The molecule has 0 spiro atoms. The van der Waals surface area contributed by atoms with Crippen LogP contribution in [-0.4, -0.2) is 51.1 Å². The molecular weight excluding hydrogens is 338 g/mol. The van der Waals surface area contributed by atoms with E-state index in [0.717, 1.165) is 15.8 Å². The summed E-state index contributed by atoms with van der Waals surface area (Å²) in [4.78, 5) is 25.5. The van der Waals surface area contributed by atoms with Crippen molar-refractivity contribution in [1.82, 2.24) is 19.9 Å². The zero-order valence-electron chi connectivity index (χ0n) is 11.5. The van der Waals surface area contributed by atoms with Crippen molar-refractivity contribution in [1.29, 1.82) is 0 Å². The Labute approximate surface area is 130 Å². The van der Waals surface area contributed by atoms with Crippen LogP contribution in [0, 0.1) is 0 Å². The number of primary amides is 1. The number of rotatable bonds is 3. The molecule has 8 heteroatoms. The van der Waals surface area contributed by atoms with Crippen LogP contribution < -0.4 is 5.73 Å². The lowest BCUT2D eigenvalue weighted by Gasteiger charge is -2.37. The molecule has 21 heavy (non-hydrogen) atoms. The predicted octanol–water partition coefficient (Wildman–Crippen LogP) is 0.795. The molecular formula is C13H16BrN5O2.